The first-order chi connectivity index (χ1) is 8.10. The molecule has 1 amide bonds. The summed E-state index contributed by atoms with van der Waals surface area (Å²) in [5.74, 6) is -2.16. The number of nitrogens with zero attached hydrogens (tertiary/aromatic N) is 1. The van der Waals surface area contributed by atoms with E-state index in [2.05, 4.69) is 27.7 Å². The molecule has 4 heteroatoms. The van der Waals surface area contributed by atoms with Gasteiger partial charge < -0.3 is 10.0 Å². The largest absolute Gasteiger partial charge is 0.474 e. The van der Waals surface area contributed by atoms with Crippen LogP contribution in [-0.2, 0) is 9.59 Å². The zero-order chi connectivity index (χ0) is 14.1. The van der Waals surface area contributed by atoms with Crippen LogP contribution in [0.3, 0.4) is 0 Å². The van der Waals surface area contributed by atoms with E-state index in [-0.39, 0.29) is 16.9 Å². The van der Waals surface area contributed by atoms with E-state index >= 15 is 0 Å². The molecular formula is C14H25NO3. The van der Waals surface area contributed by atoms with Crippen molar-refractivity contribution in [3.05, 3.63) is 0 Å². The third-order valence-electron chi connectivity index (χ3n) is 4.33. The third kappa shape index (κ3) is 3.24. The molecule has 0 aromatic rings. The molecule has 0 aromatic carbocycles. The van der Waals surface area contributed by atoms with Crippen molar-refractivity contribution in [3.8, 4) is 0 Å². The van der Waals surface area contributed by atoms with Gasteiger partial charge in [0.1, 0.15) is 0 Å². The highest BCUT2D eigenvalue weighted by molar-refractivity contribution is 6.31. The lowest BCUT2D eigenvalue weighted by Crippen LogP contribution is -2.49. The van der Waals surface area contributed by atoms with Gasteiger partial charge in [-0.05, 0) is 30.1 Å². The lowest BCUT2D eigenvalue weighted by atomic mass is 9.61. The topological polar surface area (TPSA) is 57.6 Å². The van der Waals surface area contributed by atoms with E-state index in [4.69, 9.17) is 5.11 Å². The van der Waals surface area contributed by atoms with Gasteiger partial charge in [-0.1, -0.05) is 34.1 Å². The van der Waals surface area contributed by atoms with Crippen LogP contribution in [0.2, 0.25) is 0 Å². The average Bonchev–Trinajstić information content (AvgIpc) is 2.24. The maximum absolute atomic E-state index is 11.6. The van der Waals surface area contributed by atoms with Crippen LogP contribution < -0.4 is 0 Å². The van der Waals surface area contributed by atoms with Crippen LogP contribution in [0.15, 0.2) is 0 Å². The second-order valence-corrected chi connectivity index (χ2v) is 6.79. The first-order valence-corrected chi connectivity index (χ1v) is 6.60. The fourth-order valence-corrected chi connectivity index (χ4v) is 3.44. The van der Waals surface area contributed by atoms with Gasteiger partial charge in [-0.2, -0.15) is 0 Å². The summed E-state index contributed by atoms with van der Waals surface area (Å²) in [5.41, 5.74) is 0.347. The van der Waals surface area contributed by atoms with Crippen molar-refractivity contribution in [3.63, 3.8) is 0 Å². The Morgan fingerprint density at radius 2 is 1.83 bits per heavy atom. The second kappa shape index (κ2) is 4.90. The lowest BCUT2D eigenvalue weighted by molar-refractivity contribution is -0.157. The maximum Gasteiger partial charge on any atom is 0.394 e. The molecule has 4 nitrogen and oxygen atoms in total. The van der Waals surface area contributed by atoms with E-state index in [9.17, 15) is 9.59 Å². The molecule has 104 valence electrons. The fraction of sp³-hybridized carbons (Fsp3) is 0.857. The molecule has 0 aliphatic heterocycles. The minimum Gasteiger partial charge on any atom is -0.474 e. The monoisotopic (exact) mass is 255 g/mol. The summed E-state index contributed by atoms with van der Waals surface area (Å²) in [5, 5.41) is 8.81. The Kier molecular flexibility index (Phi) is 4.08. The van der Waals surface area contributed by atoms with Crippen LogP contribution in [0.25, 0.3) is 0 Å². The summed E-state index contributed by atoms with van der Waals surface area (Å²) < 4.78 is 0. The molecule has 2 unspecified atom stereocenters. The van der Waals surface area contributed by atoms with Crippen LogP contribution >= 0.6 is 0 Å². The standard InChI is InChI=1S/C14H25NO3/c1-6-14(4)8-10(7-13(2,3)9-14)15(5)11(16)12(17)18/h10H,6-9H2,1-5H3,(H,17,18). The number of carbonyl (C=O) groups is 2. The molecule has 0 bridgehead atoms. The predicted molar refractivity (Wildman–Crippen MR) is 70.2 cm³/mol. The Morgan fingerprint density at radius 1 is 1.28 bits per heavy atom. The number of rotatable bonds is 2. The van der Waals surface area contributed by atoms with E-state index in [1.165, 1.54) is 4.90 Å². The van der Waals surface area contributed by atoms with Crippen LogP contribution in [0.1, 0.15) is 53.4 Å². The van der Waals surface area contributed by atoms with Gasteiger partial charge in [0, 0.05) is 13.1 Å². The summed E-state index contributed by atoms with van der Waals surface area (Å²) in [6.07, 6.45) is 3.95. The number of aliphatic carboxylic acids is 1. The van der Waals surface area contributed by atoms with Crippen molar-refractivity contribution < 1.29 is 14.7 Å². The van der Waals surface area contributed by atoms with Crippen LogP contribution in [0.5, 0.6) is 0 Å². The molecule has 0 saturated heterocycles. The van der Waals surface area contributed by atoms with Gasteiger partial charge in [-0.25, -0.2) is 4.79 Å². The minimum absolute atomic E-state index is 0.0299. The normalized spacial score (nSPS) is 30.8. The van der Waals surface area contributed by atoms with E-state index in [0.29, 0.717) is 0 Å². The highest BCUT2D eigenvalue weighted by atomic mass is 16.4. The number of carbonyl (C=O) groups excluding carboxylic acids is 1. The van der Waals surface area contributed by atoms with Crippen molar-refractivity contribution in [2.45, 2.75) is 59.4 Å². The van der Waals surface area contributed by atoms with Gasteiger partial charge in [0.25, 0.3) is 0 Å². The summed E-state index contributed by atoms with van der Waals surface area (Å²) in [7, 11) is 1.61. The number of amides is 1. The molecule has 0 aromatic heterocycles. The van der Waals surface area contributed by atoms with E-state index in [1.54, 1.807) is 7.05 Å². The van der Waals surface area contributed by atoms with Gasteiger partial charge in [0.2, 0.25) is 0 Å². The van der Waals surface area contributed by atoms with Crippen LogP contribution in [0, 0.1) is 10.8 Å². The maximum atomic E-state index is 11.6. The van der Waals surface area contributed by atoms with Gasteiger partial charge in [0.05, 0.1) is 0 Å². The first-order valence-electron chi connectivity index (χ1n) is 6.60. The van der Waals surface area contributed by atoms with Crippen LogP contribution in [-0.4, -0.2) is 35.0 Å². The first kappa shape index (κ1) is 15.0. The molecule has 2 atom stereocenters. The van der Waals surface area contributed by atoms with Crippen molar-refractivity contribution in [1.82, 2.24) is 4.90 Å². The number of likely N-dealkylation sites (N-methyl/N-ethyl adjacent to an activating group) is 1. The van der Waals surface area contributed by atoms with Crippen molar-refractivity contribution in [2.75, 3.05) is 7.05 Å². The van der Waals surface area contributed by atoms with Gasteiger partial charge in [-0.15, -0.1) is 0 Å². The van der Waals surface area contributed by atoms with E-state index in [1.807, 2.05) is 0 Å². The van der Waals surface area contributed by atoms with E-state index < -0.39 is 11.9 Å². The molecule has 0 spiro atoms. The number of hydrogen-bond donors (Lipinski definition) is 1. The molecule has 1 saturated carbocycles. The van der Waals surface area contributed by atoms with Crippen molar-refractivity contribution in [2.24, 2.45) is 10.8 Å². The smallest absolute Gasteiger partial charge is 0.394 e. The molecular weight excluding hydrogens is 230 g/mol. The second-order valence-electron chi connectivity index (χ2n) is 6.79. The number of carboxylic acid groups (broad SMARTS) is 1. The Hall–Kier alpha value is -1.06. The van der Waals surface area contributed by atoms with Crippen LogP contribution in [0.4, 0.5) is 0 Å². The SMILES string of the molecule is CCC1(C)CC(N(C)C(=O)C(=O)O)CC(C)(C)C1. The molecule has 1 rings (SSSR count). The summed E-state index contributed by atoms with van der Waals surface area (Å²) in [4.78, 5) is 23.8. The molecule has 1 aliphatic carbocycles. The highest BCUT2D eigenvalue weighted by Gasteiger charge is 2.42. The fourth-order valence-electron chi connectivity index (χ4n) is 3.44. The Balaban J connectivity index is 2.89. The summed E-state index contributed by atoms with van der Waals surface area (Å²) in [6, 6.07) is 0.0299. The molecule has 0 radical (unpaired) electrons. The van der Waals surface area contributed by atoms with E-state index in [0.717, 1.165) is 25.7 Å². The van der Waals surface area contributed by atoms with Crippen molar-refractivity contribution >= 4 is 11.9 Å². The number of hydrogen-bond acceptors (Lipinski definition) is 2. The highest BCUT2D eigenvalue weighted by Crippen LogP contribution is 2.48. The van der Waals surface area contributed by atoms with Crippen molar-refractivity contribution in [1.29, 1.82) is 0 Å². The minimum atomic E-state index is -1.36. The average molecular weight is 255 g/mol. The Labute approximate surface area is 109 Å². The quantitative estimate of drug-likeness (QED) is 0.771. The number of carboxylic acids is 1. The molecule has 0 heterocycles. The summed E-state index contributed by atoms with van der Waals surface area (Å²) in [6.45, 7) is 8.80. The Bertz CT molecular complexity index is 351. The zero-order valence-electron chi connectivity index (χ0n) is 12.1. The Morgan fingerprint density at radius 3 is 2.28 bits per heavy atom. The third-order valence-corrected chi connectivity index (χ3v) is 4.33. The van der Waals surface area contributed by atoms with Gasteiger partial charge >= 0.3 is 11.9 Å². The summed E-state index contributed by atoms with van der Waals surface area (Å²) >= 11 is 0. The molecule has 1 aliphatic rings. The molecule has 1 N–H and O–H groups in total. The zero-order valence-corrected chi connectivity index (χ0v) is 12.1. The van der Waals surface area contributed by atoms with Gasteiger partial charge in [-0.3, -0.25) is 4.79 Å². The predicted octanol–water partition coefficient (Wildman–Crippen LogP) is 2.52. The molecule has 18 heavy (non-hydrogen) atoms. The lowest BCUT2D eigenvalue weighted by Gasteiger charge is -2.48. The van der Waals surface area contributed by atoms with Gasteiger partial charge in [0.15, 0.2) is 0 Å². The molecule has 1 fully saturated rings.